The molecule has 2 amide bonds. The Labute approximate surface area is 119 Å². The Balaban J connectivity index is 2.19. The second kappa shape index (κ2) is 5.34. The molecule has 110 valence electrons. The fourth-order valence-electron chi connectivity index (χ4n) is 2.96. The molecule has 0 aliphatic carbocycles. The zero-order valence-corrected chi connectivity index (χ0v) is 12.5. The molecule has 0 spiro atoms. The molecule has 6 heteroatoms. The van der Waals surface area contributed by atoms with Crippen molar-refractivity contribution in [2.75, 3.05) is 4.90 Å². The first-order valence-corrected chi connectivity index (χ1v) is 7.09. The molecule has 1 aromatic heterocycles. The molecule has 2 heterocycles. The summed E-state index contributed by atoms with van der Waals surface area (Å²) >= 11 is 0. The quantitative estimate of drug-likeness (QED) is 0.837. The number of imide groups is 1. The number of hydrogen-bond acceptors (Lipinski definition) is 4. The summed E-state index contributed by atoms with van der Waals surface area (Å²) in [6.45, 7) is 8.46. The van der Waals surface area contributed by atoms with Crippen LogP contribution in [-0.4, -0.2) is 27.0 Å². The number of carbonyl (C=O) groups excluding carboxylic acids is 2. The number of rotatable bonds is 5. The lowest BCUT2D eigenvalue weighted by molar-refractivity contribution is -0.124. The number of aromatic nitrogens is 3. The summed E-state index contributed by atoms with van der Waals surface area (Å²) in [6.07, 6.45) is 3.55. The van der Waals surface area contributed by atoms with Crippen LogP contribution < -0.4 is 4.90 Å². The summed E-state index contributed by atoms with van der Waals surface area (Å²) in [6, 6.07) is 0. The van der Waals surface area contributed by atoms with Crippen LogP contribution in [0.15, 0.2) is 6.33 Å². The Morgan fingerprint density at radius 3 is 2.75 bits per heavy atom. The van der Waals surface area contributed by atoms with Crippen molar-refractivity contribution < 1.29 is 9.59 Å². The van der Waals surface area contributed by atoms with E-state index >= 15 is 0 Å². The SMILES string of the molecule is CCC(C)CC(C)(C)C1CC(=O)N(c2ncn[nH]2)C1=O. The van der Waals surface area contributed by atoms with E-state index in [1.165, 1.54) is 6.33 Å². The Hall–Kier alpha value is -1.72. The van der Waals surface area contributed by atoms with E-state index in [9.17, 15) is 9.59 Å². The molecule has 0 saturated carbocycles. The molecule has 2 unspecified atom stereocenters. The molecule has 2 rings (SSSR count). The van der Waals surface area contributed by atoms with Gasteiger partial charge in [0.15, 0.2) is 0 Å². The standard InChI is InChI=1S/C14H22N4O2/c1-5-9(2)7-14(3,4)10-6-11(19)18(12(10)20)13-15-8-16-17-13/h8-10H,5-7H2,1-4H3,(H,15,16,17). The van der Waals surface area contributed by atoms with E-state index in [1.807, 2.05) is 0 Å². The molecular formula is C14H22N4O2. The van der Waals surface area contributed by atoms with E-state index in [1.54, 1.807) is 0 Å². The minimum atomic E-state index is -0.283. The highest BCUT2D eigenvalue weighted by Gasteiger charge is 2.48. The highest BCUT2D eigenvalue weighted by Crippen LogP contribution is 2.41. The van der Waals surface area contributed by atoms with Crippen LogP contribution in [0.3, 0.4) is 0 Å². The lowest BCUT2D eigenvalue weighted by atomic mass is 9.72. The zero-order valence-electron chi connectivity index (χ0n) is 12.5. The largest absolute Gasteiger partial charge is 0.274 e. The average Bonchev–Trinajstić information content (AvgIpc) is 2.97. The van der Waals surface area contributed by atoms with E-state index in [4.69, 9.17) is 0 Å². The fourth-order valence-corrected chi connectivity index (χ4v) is 2.96. The number of H-pyrrole nitrogens is 1. The van der Waals surface area contributed by atoms with E-state index < -0.39 is 0 Å². The number of aromatic amines is 1. The van der Waals surface area contributed by atoms with Crippen molar-refractivity contribution in [1.29, 1.82) is 0 Å². The molecule has 20 heavy (non-hydrogen) atoms. The molecule has 1 saturated heterocycles. The van der Waals surface area contributed by atoms with Gasteiger partial charge < -0.3 is 0 Å². The third-order valence-corrected chi connectivity index (χ3v) is 4.28. The summed E-state index contributed by atoms with van der Waals surface area (Å²) in [7, 11) is 0. The molecule has 1 aliphatic heterocycles. The van der Waals surface area contributed by atoms with Crippen molar-refractivity contribution in [3.8, 4) is 0 Å². The Morgan fingerprint density at radius 2 is 2.20 bits per heavy atom. The van der Waals surface area contributed by atoms with Crippen LogP contribution in [0.1, 0.15) is 47.0 Å². The summed E-state index contributed by atoms with van der Waals surface area (Å²) < 4.78 is 0. The van der Waals surface area contributed by atoms with Crippen molar-refractivity contribution in [1.82, 2.24) is 15.2 Å². The van der Waals surface area contributed by atoms with E-state index in [0.29, 0.717) is 5.92 Å². The van der Waals surface area contributed by atoms with Crippen molar-refractivity contribution in [2.45, 2.75) is 47.0 Å². The second-order valence-electron chi connectivity index (χ2n) is 6.34. The number of amides is 2. The molecular weight excluding hydrogens is 256 g/mol. The maximum Gasteiger partial charge on any atom is 0.240 e. The summed E-state index contributed by atoms with van der Waals surface area (Å²) in [5.74, 6) is 0.109. The molecule has 1 N–H and O–H groups in total. The minimum absolute atomic E-state index is 0.167. The van der Waals surface area contributed by atoms with Crippen LogP contribution in [0.2, 0.25) is 0 Å². The van der Waals surface area contributed by atoms with Crippen LogP contribution in [0, 0.1) is 17.3 Å². The highest BCUT2D eigenvalue weighted by atomic mass is 16.2. The van der Waals surface area contributed by atoms with Crippen LogP contribution >= 0.6 is 0 Å². The Bertz CT molecular complexity index is 495. The Morgan fingerprint density at radius 1 is 1.50 bits per heavy atom. The average molecular weight is 278 g/mol. The van der Waals surface area contributed by atoms with Gasteiger partial charge in [0.2, 0.25) is 17.8 Å². The van der Waals surface area contributed by atoms with Gasteiger partial charge in [-0.1, -0.05) is 34.1 Å². The third kappa shape index (κ3) is 2.59. The normalized spacial score (nSPS) is 21.6. The van der Waals surface area contributed by atoms with Gasteiger partial charge in [-0.3, -0.25) is 9.59 Å². The highest BCUT2D eigenvalue weighted by molar-refractivity contribution is 6.20. The molecule has 1 aliphatic rings. The molecule has 6 nitrogen and oxygen atoms in total. The molecule has 1 aromatic rings. The lowest BCUT2D eigenvalue weighted by Gasteiger charge is -2.32. The fraction of sp³-hybridized carbons (Fsp3) is 0.714. The monoisotopic (exact) mass is 278 g/mol. The van der Waals surface area contributed by atoms with Gasteiger partial charge in [-0.2, -0.15) is 10.1 Å². The van der Waals surface area contributed by atoms with Gasteiger partial charge in [0.25, 0.3) is 0 Å². The molecule has 0 bridgehead atoms. The molecule has 0 radical (unpaired) electrons. The summed E-state index contributed by atoms with van der Waals surface area (Å²) in [4.78, 5) is 29.7. The summed E-state index contributed by atoms with van der Waals surface area (Å²) in [5, 5.41) is 6.29. The zero-order chi connectivity index (χ0) is 14.9. The third-order valence-electron chi connectivity index (χ3n) is 4.28. The number of carbonyl (C=O) groups is 2. The first kappa shape index (κ1) is 14.7. The number of nitrogens with one attached hydrogen (secondary N) is 1. The number of anilines is 1. The van der Waals surface area contributed by atoms with Crippen LogP contribution in [-0.2, 0) is 9.59 Å². The van der Waals surface area contributed by atoms with Crippen molar-refractivity contribution in [3.05, 3.63) is 6.33 Å². The summed E-state index contributed by atoms with van der Waals surface area (Å²) in [5.41, 5.74) is -0.197. The van der Waals surface area contributed by atoms with Gasteiger partial charge in [0.1, 0.15) is 6.33 Å². The van der Waals surface area contributed by atoms with Gasteiger partial charge in [-0.05, 0) is 17.8 Å². The van der Waals surface area contributed by atoms with E-state index in [-0.39, 0.29) is 35.5 Å². The van der Waals surface area contributed by atoms with Crippen LogP contribution in [0.4, 0.5) is 5.95 Å². The van der Waals surface area contributed by atoms with Crippen LogP contribution in [0.25, 0.3) is 0 Å². The smallest absolute Gasteiger partial charge is 0.240 e. The second-order valence-corrected chi connectivity index (χ2v) is 6.34. The molecule has 0 aromatic carbocycles. The Kier molecular flexibility index (Phi) is 3.92. The number of hydrogen-bond donors (Lipinski definition) is 1. The van der Waals surface area contributed by atoms with E-state index in [0.717, 1.165) is 17.7 Å². The maximum atomic E-state index is 12.5. The van der Waals surface area contributed by atoms with Gasteiger partial charge in [-0.25, -0.2) is 10.00 Å². The topological polar surface area (TPSA) is 79.0 Å². The van der Waals surface area contributed by atoms with Crippen molar-refractivity contribution in [3.63, 3.8) is 0 Å². The lowest BCUT2D eigenvalue weighted by Crippen LogP contribution is -2.36. The van der Waals surface area contributed by atoms with Crippen molar-refractivity contribution in [2.24, 2.45) is 17.3 Å². The van der Waals surface area contributed by atoms with Gasteiger partial charge in [-0.15, -0.1) is 0 Å². The first-order valence-electron chi connectivity index (χ1n) is 7.09. The van der Waals surface area contributed by atoms with Gasteiger partial charge >= 0.3 is 0 Å². The minimum Gasteiger partial charge on any atom is -0.274 e. The molecule has 2 atom stereocenters. The van der Waals surface area contributed by atoms with Crippen LogP contribution in [0.5, 0.6) is 0 Å². The maximum absolute atomic E-state index is 12.5. The first-order chi connectivity index (χ1) is 9.36. The van der Waals surface area contributed by atoms with Crippen molar-refractivity contribution >= 4 is 17.8 Å². The predicted octanol–water partition coefficient (Wildman–Crippen LogP) is 2.15. The van der Waals surface area contributed by atoms with Gasteiger partial charge in [0, 0.05) is 6.42 Å². The molecule has 1 fully saturated rings. The van der Waals surface area contributed by atoms with E-state index in [2.05, 4.69) is 42.9 Å². The number of nitrogens with zero attached hydrogens (tertiary/aromatic N) is 3. The predicted molar refractivity (Wildman–Crippen MR) is 74.8 cm³/mol. The van der Waals surface area contributed by atoms with Gasteiger partial charge in [0.05, 0.1) is 5.92 Å².